The lowest BCUT2D eigenvalue weighted by Gasteiger charge is -2.35. The van der Waals surface area contributed by atoms with Gasteiger partial charge in [-0.1, -0.05) is 30.3 Å². The first-order valence-corrected chi connectivity index (χ1v) is 11.0. The van der Waals surface area contributed by atoms with Crippen LogP contribution >= 0.6 is 24.0 Å². The van der Waals surface area contributed by atoms with E-state index in [9.17, 15) is 4.79 Å². The largest absolute Gasteiger partial charge is 0.496 e. The first-order valence-electron chi connectivity index (χ1n) is 11.0. The zero-order valence-corrected chi connectivity index (χ0v) is 22.4. The average Bonchev–Trinajstić information content (AvgIpc) is 2.79. The van der Waals surface area contributed by atoms with Gasteiger partial charge in [0.1, 0.15) is 5.75 Å². The van der Waals surface area contributed by atoms with Crippen molar-refractivity contribution in [3.8, 4) is 5.75 Å². The molecular weight excluding hydrogens is 531 g/mol. The van der Waals surface area contributed by atoms with Crippen LogP contribution in [-0.2, 0) is 17.8 Å². The van der Waals surface area contributed by atoms with E-state index in [1.165, 1.54) is 0 Å². The molecule has 7 nitrogen and oxygen atoms in total. The van der Waals surface area contributed by atoms with Crippen LogP contribution in [-0.4, -0.2) is 68.2 Å². The lowest BCUT2D eigenvalue weighted by molar-refractivity contribution is -0.0586. The Morgan fingerprint density at radius 2 is 1.79 bits per heavy atom. The van der Waals surface area contributed by atoms with Gasteiger partial charge in [0.05, 0.1) is 19.3 Å². The Balaban J connectivity index is 0.00000385. The number of nitrogens with one attached hydrogen (secondary N) is 1. The molecule has 2 aromatic carbocycles. The van der Waals surface area contributed by atoms with Crippen molar-refractivity contribution in [2.45, 2.75) is 39.1 Å². The molecule has 3 rings (SSSR count). The summed E-state index contributed by atoms with van der Waals surface area (Å²) in [6.07, 6.45) is 0.122. The summed E-state index contributed by atoms with van der Waals surface area (Å²) >= 11 is 0. The number of para-hydroxylation sites is 1. The van der Waals surface area contributed by atoms with Crippen molar-refractivity contribution in [3.63, 3.8) is 0 Å². The molecule has 1 fully saturated rings. The van der Waals surface area contributed by atoms with E-state index in [1.807, 2.05) is 74.3 Å². The van der Waals surface area contributed by atoms with Gasteiger partial charge in [0, 0.05) is 51.4 Å². The number of amides is 1. The number of hydrogen-bond donors (Lipinski definition) is 1. The van der Waals surface area contributed by atoms with E-state index in [0.717, 1.165) is 22.8 Å². The minimum atomic E-state index is 0. The van der Waals surface area contributed by atoms with E-state index >= 15 is 0 Å². The number of nitrogens with zero attached hydrogens (tertiary/aromatic N) is 3. The van der Waals surface area contributed by atoms with Gasteiger partial charge in [-0.05, 0) is 37.6 Å². The first-order chi connectivity index (χ1) is 15.4. The Bertz CT molecular complexity index is 926. The Labute approximate surface area is 214 Å². The summed E-state index contributed by atoms with van der Waals surface area (Å²) in [6, 6.07) is 15.7. The monoisotopic (exact) mass is 566 g/mol. The highest BCUT2D eigenvalue weighted by Crippen LogP contribution is 2.19. The molecule has 0 bridgehead atoms. The molecule has 0 aromatic heterocycles. The molecule has 1 N–H and O–H groups in total. The summed E-state index contributed by atoms with van der Waals surface area (Å²) in [5.41, 5.74) is 2.87. The predicted octanol–water partition coefficient (Wildman–Crippen LogP) is 3.77. The second-order valence-corrected chi connectivity index (χ2v) is 8.23. The number of carbonyl (C=O) groups excluding carboxylic acids is 1. The van der Waals surface area contributed by atoms with Crippen molar-refractivity contribution in [1.29, 1.82) is 0 Å². The molecule has 0 radical (unpaired) electrons. The molecule has 33 heavy (non-hydrogen) atoms. The molecule has 0 aliphatic carbocycles. The molecule has 1 amide bonds. The standard InChI is InChI=1S/C25H34N4O3.HI/c1-18-15-29(16-19(2)32-18)24(30)21-12-10-20(11-13-21)14-27-25(26-3)28(4)17-22-8-6-7-9-23(22)31-5;/h6-13,18-19H,14-17H2,1-5H3,(H,26,27);1H. The lowest BCUT2D eigenvalue weighted by Crippen LogP contribution is -2.48. The van der Waals surface area contributed by atoms with Gasteiger partial charge < -0.3 is 24.6 Å². The van der Waals surface area contributed by atoms with E-state index in [4.69, 9.17) is 9.47 Å². The van der Waals surface area contributed by atoms with Gasteiger partial charge in [0.25, 0.3) is 5.91 Å². The van der Waals surface area contributed by atoms with Crippen LogP contribution in [0.3, 0.4) is 0 Å². The molecule has 2 atom stereocenters. The van der Waals surface area contributed by atoms with E-state index in [2.05, 4.69) is 15.2 Å². The average molecular weight is 566 g/mol. The topological polar surface area (TPSA) is 66.4 Å². The van der Waals surface area contributed by atoms with Gasteiger partial charge in [0.2, 0.25) is 0 Å². The summed E-state index contributed by atoms with van der Waals surface area (Å²) in [4.78, 5) is 21.2. The van der Waals surface area contributed by atoms with Gasteiger partial charge in [0.15, 0.2) is 5.96 Å². The summed E-state index contributed by atoms with van der Waals surface area (Å²) in [5, 5.41) is 3.39. The van der Waals surface area contributed by atoms with Crippen LogP contribution in [0.2, 0.25) is 0 Å². The first kappa shape index (κ1) is 26.9. The zero-order valence-electron chi connectivity index (χ0n) is 20.1. The van der Waals surface area contributed by atoms with Crippen molar-refractivity contribution in [2.24, 2.45) is 4.99 Å². The third-order valence-corrected chi connectivity index (χ3v) is 5.53. The Morgan fingerprint density at radius 1 is 1.15 bits per heavy atom. The van der Waals surface area contributed by atoms with Crippen LogP contribution in [0.25, 0.3) is 0 Å². The number of aliphatic imine (C=N–C) groups is 1. The summed E-state index contributed by atoms with van der Waals surface area (Å²) in [7, 11) is 5.45. The van der Waals surface area contributed by atoms with E-state index in [-0.39, 0.29) is 42.1 Å². The summed E-state index contributed by atoms with van der Waals surface area (Å²) in [6.45, 7) is 6.55. The zero-order chi connectivity index (χ0) is 23.1. The fourth-order valence-corrected chi connectivity index (χ4v) is 4.02. The lowest BCUT2D eigenvalue weighted by atomic mass is 10.1. The molecule has 8 heteroatoms. The number of hydrogen-bond acceptors (Lipinski definition) is 4. The quantitative estimate of drug-likeness (QED) is 0.328. The highest BCUT2D eigenvalue weighted by atomic mass is 127. The van der Waals surface area contributed by atoms with E-state index in [1.54, 1.807) is 14.2 Å². The number of benzene rings is 2. The van der Waals surface area contributed by atoms with Crippen molar-refractivity contribution in [3.05, 3.63) is 65.2 Å². The third kappa shape index (κ3) is 7.33. The molecule has 0 spiro atoms. The molecule has 1 saturated heterocycles. The number of halogens is 1. The molecular formula is C25H35IN4O3. The molecule has 1 heterocycles. The predicted molar refractivity (Wildman–Crippen MR) is 142 cm³/mol. The fraction of sp³-hybridized carbons (Fsp3) is 0.440. The smallest absolute Gasteiger partial charge is 0.254 e. The van der Waals surface area contributed by atoms with Crippen LogP contribution in [0.15, 0.2) is 53.5 Å². The summed E-state index contributed by atoms with van der Waals surface area (Å²) in [5.74, 6) is 1.70. The fourth-order valence-electron chi connectivity index (χ4n) is 4.02. The van der Waals surface area contributed by atoms with Crippen molar-refractivity contribution in [1.82, 2.24) is 15.1 Å². The van der Waals surface area contributed by atoms with Crippen molar-refractivity contribution < 1.29 is 14.3 Å². The SMILES string of the molecule is CN=C(NCc1ccc(C(=O)N2CC(C)OC(C)C2)cc1)N(C)Cc1ccccc1OC.I. The minimum Gasteiger partial charge on any atom is -0.496 e. The van der Waals surface area contributed by atoms with E-state index in [0.29, 0.717) is 31.7 Å². The highest BCUT2D eigenvalue weighted by Gasteiger charge is 2.26. The Morgan fingerprint density at radius 3 is 2.39 bits per heavy atom. The molecule has 1 aliphatic rings. The highest BCUT2D eigenvalue weighted by molar-refractivity contribution is 14.0. The number of guanidine groups is 1. The molecule has 1 aliphatic heterocycles. The van der Waals surface area contributed by atoms with Crippen LogP contribution in [0.1, 0.15) is 35.3 Å². The second-order valence-electron chi connectivity index (χ2n) is 8.23. The van der Waals surface area contributed by atoms with Crippen LogP contribution in [0.5, 0.6) is 5.75 Å². The number of methoxy groups -OCH3 is 1. The third-order valence-electron chi connectivity index (χ3n) is 5.53. The minimum absolute atomic E-state index is 0. The maximum absolute atomic E-state index is 12.8. The number of morpholine rings is 1. The number of rotatable bonds is 6. The van der Waals surface area contributed by atoms with E-state index < -0.39 is 0 Å². The molecule has 0 saturated carbocycles. The van der Waals surface area contributed by atoms with Crippen LogP contribution in [0, 0.1) is 0 Å². The van der Waals surface area contributed by atoms with Gasteiger partial charge in [-0.15, -0.1) is 24.0 Å². The molecule has 2 aromatic rings. The van der Waals surface area contributed by atoms with Crippen LogP contribution in [0.4, 0.5) is 0 Å². The normalized spacial score (nSPS) is 18.3. The van der Waals surface area contributed by atoms with Crippen molar-refractivity contribution in [2.75, 3.05) is 34.3 Å². The van der Waals surface area contributed by atoms with Crippen molar-refractivity contribution >= 4 is 35.8 Å². The molecule has 180 valence electrons. The summed E-state index contributed by atoms with van der Waals surface area (Å²) < 4.78 is 11.2. The molecule has 2 unspecified atom stereocenters. The maximum atomic E-state index is 12.8. The number of ether oxygens (including phenoxy) is 2. The van der Waals surface area contributed by atoms with Gasteiger partial charge in [-0.3, -0.25) is 9.79 Å². The Hall–Kier alpha value is -2.33. The van der Waals surface area contributed by atoms with Gasteiger partial charge in [-0.25, -0.2) is 0 Å². The van der Waals surface area contributed by atoms with Gasteiger partial charge >= 0.3 is 0 Å². The van der Waals surface area contributed by atoms with Gasteiger partial charge in [-0.2, -0.15) is 0 Å². The number of carbonyl (C=O) groups is 1. The maximum Gasteiger partial charge on any atom is 0.254 e. The Kier molecular flexibility index (Phi) is 10.4. The second kappa shape index (κ2) is 12.8. The van der Waals surface area contributed by atoms with Crippen LogP contribution < -0.4 is 10.1 Å².